The van der Waals surface area contributed by atoms with Crippen LogP contribution >= 0.6 is 0 Å². The monoisotopic (exact) mass is 320 g/mol. The van der Waals surface area contributed by atoms with E-state index in [1.807, 2.05) is 0 Å². The van der Waals surface area contributed by atoms with E-state index in [0.29, 0.717) is 24.6 Å². The fraction of sp³-hybridized carbons (Fsp3) is 0.611. The van der Waals surface area contributed by atoms with E-state index in [-0.39, 0.29) is 23.7 Å². The van der Waals surface area contributed by atoms with Gasteiger partial charge in [-0.3, -0.25) is 4.79 Å². The van der Waals surface area contributed by atoms with Gasteiger partial charge in [0.2, 0.25) is 5.91 Å². The third-order valence-electron chi connectivity index (χ3n) is 4.87. The first-order chi connectivity index (χ1) is 11.0. The Balaban J connectivity index is 1.48. The molecule has 0 radical (unpaired) electrons. The van der Waals surface area contributed by atoms with E-state index in [1.54, 1.807) is 23.1 Å². The van der Waals surface area contributed by atoms with Crippen LogP contribution in [0.3, 0.4) is 0 Å². The lowest BCUT2D eigenvalue weighted by atomic mass is 9.82. The van der Waals surface area contributed by atoms with Gasteiger partial charge in [0.25, 0.3) is 0 Å². The maximum absolute atomic E-state index is 13.6. The Hall–Kier alpha value is -1.46. The third-order valence-corrected chi connectivity index (χ3v) is 4.87. The van der Waals surface area contributed by atoms with Gasteiger partial charge in [-0.1, -0.05) is 18.2 Å². The van der Waals surface area contributed by atoms with Crippen molar-refractivity contribution >= 4 is 5.91 Å². The van der Waals surface area contributed by atoms with Gasteiger partial charge in [-0.15, -0.1) is 0 Å². The maximum atomic E-state index is 13.6. The fourth-order valence-electron chi connectivity index (χ4n) is 3.57. The Bertz CT molecular complexity index is 560. The molecule has 0 N–H and O–H groups in total. The molecule has 5 heteroatoms. The SMILES string of the molecule is CN(C)CC1CCC2(CN(C(=O)Cc3ccccc3F)C2)OC1. The van der Waals surface area contributed by atoms with Crippen LogP contribution in [-0.2, 0) is 16.0 Å². The number of hydrogen-bond donors (Lipinski definition) is 0. The summed E-state index contributed by atoms with van der Waals surface area (Å²) < 4.78 is 19.7. The standard InChI is InChI=1S/C18H25FN2O2/c1-20(2)10-14-7-8-18(23-11-14)12-21(13-18)17(22)9-15-5-3-4-6-16(15)19/h3-6,14H,7-13H2,1-2H3. The Morgan fingerprint density at radius 1 is 1.39 bits per heavy atom. The van der Waals surface area contributed by atoms with E-state index < -0.39 is 0 Å². The summed E-state index contributed by atoms with van der Waals surface area (Å²) in [4.78, 5) is 16.3. The number of hydrogen-bond acceptors (Lipinski definition) is 3. The number of amides is 1. The smallest absolute Gasteiger partial charge is 0.227 e. The van der Waals surface area contributed by atoms with Crippen molar-refractivity contribution in [3.63, 3.8) is 0 Å². The van der Waals surface area contributed by atoms with Crippen molar-refractivity contribution < 1.29 is 13.9 Å². The first-order valence-corrected chi connectivity index (χ1v) is 8.27. The molecule has 1 atom stereocenters. The van der Waals surface area contributed by atoms with E-state index in [9.17, 15) is 9.18 Å². The maximum Gasteiger partial charge on any atom is 0.227 e. The molecule has 2 heterocycles. The number of benzene rings is 1. The molecule has 23 heavy (non-hydrogen) atoms. The van der Waals surface area contributed by atoms with E-state index in [1.165, 1.54) is 6.07 Å². The first kappa shape index (κ1) is 16.4. The lowest BCUT2D eigenvalue weighted by Crippen LogP contribution is -2.66. The average molecular weight is 320 g/mol. The van der Waals surface area contributed by atoms with Gasteiger partial charge in [-0.25, -0.2) is 4.39 Å². The quantitative estimate of drug-likeness (QED) is 0.850. The van der Waals surface area contributed by atoms with Crippen LogP contribution in [0.2, 0.25) is 0 Å². The summed E-state index contributed by atoms with van der Waals surface area (Å²) in [6, 6.07) is 6.47. The van der Waals surface area contributed by atoms with E-state index >= 15 is 0 Å². The van der Waals surface area contributed by atoms with Gasteiger partial charge < -0.3 is 14.5 Å². The summed E-state index contributed by atoms with van der Waals surface area (Å²) in [6.45, 7) is 3.11. The molecule has 2 saturated heterocycles. The van der Waals surface area contributed by atoms with E-state index in [4.69, 9.17) is 4.74 Å². The number of carbonyl (C=O) groups is 1. The van der Waals surface area contributed by atoms with Crippen molar-refractivity contribution in [3.8, 4) is 0 Å². The van der Waals surface area contributed by atoms with Gasteiger partial charge in [0.05, 0.1) is 26.1 Å². The van der Waals surface area contributed by atoms with Crippen LogP contribution in [0, 0.1) is 11.7 Å². The lowest BCUT2D eigenvalue weighted by Gasteiger charge is -2.53. The van der Waals surface area contributed by atoms with Crippen molar-refractivity contribution in [1.29, 1.82) is 0 Å². The summed E-state index contributed by atoms with van der Waals surface area (Å²) in [6.07, 6.45) is 2.29. The zero-order chi connectivity index (χ0) is 16.4. The predicted molar refractivity (Wildman–Crippen MR) is 86.6 cm³/mol. The number of halogens is 1. The molecule has 0 bridgehead atoms. The van der Waals surface area contributed by atoms with Gasteiger partial charge in [0.1, 0.15) is 11.4 Å². The van der Waals surface area contributed by atoms with Crippen LogP contribution < -0.4 is 0 Å². The highest BCUT2D eigenvalue weighted by atomic mass is 19.1. The Morgan fingerprint density at radius 2 is 2.13 bits per heavy atom. The Kier molecular flexibility index (Phi) is 4.69. The molecule has 126 valence electrons. The average Bonchev–Trinajstić information content (AvgIpc) is 2.47. The second kappa shape index (κ2) is 6.57. The molecule has 3 rings (SSSR count). The molecule has 0 saturated carbocycles. The minimum Gasteiger partial charge on any atom is -0.371 e. The minimum atomic E-state index is -0.309. The zero-order valence-corrected chi connectivity index (χ0v) is 13.9. The molecule has 0 aromatic heterocycles. The van der Waals surface area contributed by atoms with Crippen LogP contribution in [-0.4, -0.2) is 61.6 Å². The van der Waals surface area contributed by atoms with Gasteiger partial charge in [0, 0.05) is 6.54 Å². The first-order valence-electron chi connectivity index (χ1n) is 8.27. The number of rotatable bonds is 4. The fourth-order valence-corrected chi connectivity index (χ4v) is 3.57. The normalized spacial score (nSPS) is 23.1. The molecule has 1 amide bonds. The van der Waals surface area contributed by atoms with Crippen molar-refractivity contribution in [2.45, 2.75) is 24.9 Å². The van der Waals surface area contributed by atoms with Gasteiger partial charge in [-0.2, -0.15) is 0 Å². The molecule has 2 aliphatic heterocycles. The van der Waals surface area contributed by atoms with Gasteiger partial charge >= 0.3 is 0 Å². The summed E-state index contributed by atoms with van der Waals surface area (Å²) in [5.41, 5.74) is 0.322. The summed E-state index contributed by atoms with van der Waals surface area (Å²) in [5.74, 6) is 0.259. The van der Waals surface area contributed by atoms with Gasteiger partial charge in [0.15, 0.2) is 0 Å². The molecule has 0 aliphatic carbocycles. The number of carbonyl (C=O) groups excluding carboxylic acids is 1. The van der Waals surface area contributed by atoms with E-state index in [0.717, 1.165) is 26.0 Å². The number of ether oxygens (including phenoxy) is 1. The summed E-state index contributed by atoms with van der Waals surface area (Å²) in [5, 5.41) is 0. The van der Waals surface area contributed by atoms with Crippen LogP contribution in [0.25, 0.3) is 0 Å². The topological polar surface area (TPSA) is 32.8 Å². The third kappa shape index (κ3) is 3.72. The highest BCUT2D eigenvalue weighted by Crippen LogP contribution is 2.36. The van der Waals surface area contributed by atoms with E-state index in [2.05, 4.69) is 19.0 Å². The molecule has 2 fully saturated rings. The minimum absolute atomic E-state index is 0.0141. The number of nitrogens with zero attached hydrogens (tertiary/aromatic N) is 2. The number of likely N-dealkylation sites (tertiary alicyclic amines) is 1. The Morgan fingerprint density at radius 3 is 2.74 bits per heavy atom. The van der Waals surface area contributed by atoms with Crippen molar-refractivity contribution in [3.05, 3.63) is 35.6 Å². The molecule has 1 unspecified atom stereocenters. The van der Waals surface area contributed by atoms with Crippen LogP contribution in [0.4, 0.5) is 4.39 Å². The summed E-state index contributed by atoms with van der Waals surface area (Å²) in [7, 11) is 4.16. The second-order valence-corrected chi connectivity index (χ2v) is 7.18. The molecule has 1 spiro atoms. The highest BCUT2D eigenvalue weighted by molar-refractivity contribution is 5.80. The van der Waals surface area contributed by atoms with Crippen molar-refractivity contribution in [2.75, 3.05) is 40.3 Å². The summed E-state index contributed by atoms with van der Waals surface area (Å²) >= 11 is 0. The molecule has 1 aromatic carbocycles. The molecule has 2 aliphatic rings. The Labute approximate surface area is 137 Å². The predicted octanol–water partition coefficient (Wildman–Crippen LogP) is 1.94. The van der Waals surface area contributed by atoms with Crippen LogP contribution in [0.1, 0.15) is 18.4 Å². The van der Waals surface area contributed by atoms with Gasteiger partial charge in [-0.05, 0) is 44.5 Å². The molecule has 1 aromatic rings. The molecular formula is C18H25FN2O2. The van der Waals surface area contributed by atoms with Crippen LogP contribution in [0.15, 0.2) is 24.3 Å². The molecular weight excluding hydrogens is 295 g/mol. The lowest BCUT2D eigenvalue weighted by molar-refractivity contribution is -0.189. The van der Waals surface area contributed by atoms with Crippen molar-refractivity contribution in [1.82, 2.24) is 9.80 Å². The largest absolute Gasteiger partial charge is 0.371 e. The molecule has 4 nitrogen and oxygen atoms in total. The van der Waals surface area contributed by atoms with Crippen LogP contribution in [0.5, 0.6) is 0 Å². The highest BCUT2D eigenvalue weighted by Gasteiger charge is 2.48. The second-order valence-electron chi connectivity index (χ2n) is 7.18. The van der Waals surface area contributed by atoms with Crippen molar-refractivity contribution in [2.24, 2.45) is 5.92 Å². The zero-order valence-electron chi connectivity index (χ0n) is 13.9.